The Bertz CT molecular complexity index is 2630. The SMILES string of the molecule is CCC(=O)N[C@@H](CC(C)C)C(=O)N[C@@H](Cc1ccccc1)C(=O)NC.CNC(=O)[C@@H](N)Cc1ccccc1C(=O)[C@H](CC(C)C)NC(=O)c1cccs1.CNC(=O)[C@H](Cc1ccccc1)NC(=O)[C@H](CC(C)C)NC(=O)CCC(C)=O. The Morgan fingerprint density at radius 2 is 0.914 bits per heavy atom. The summed E-state index contributed by atoms with van der Waals surface area (Å²) in [5, 5.41) is 23.3. The first-order chi connectivity index (χ1) is 38.4. The number of likely N-dealkylation sites (N-methyl/N-ethyl adjacent to an activating group) is 3. The van der Waals surface area contributed by atoms with Crippen LogP contribution in [0, 0.1) is 17.8 Å². The zero-order chi connectivity index (χ0) is 60.6. The number of benzene rings is 3. The van der Waals surface area contributed by atoms with Crippen molar-refractivity contribution in [2.75, 3.05) is 21.1 Å². The van der Waals surface area contributed by atoms with Crippen molar-refractivity contribution in [2.45, 2.75) is 149 Å². The van der Waals surface area contributed by atoms with Crippen LogP contribution in [0.5, 0.6) is 0 Å². The molecular formula is C61H87N9O10S. The highest BCUT2D eigenvalue weighted by molar-refractivity contribution is 7.12. The van der Waals surface area contributed by atoms with Gasteiger partial charge in [-0.2, -0.15) is 0 Å². The van der Waals surface area contributed by atoms with Crippen LogP contribution in [0.4, 0.5) is 0 Å². The summed E-state index contributed by atoms with van der Waals surface area (Å²) in [4.78, 5) is 123. The molecule has 0 spiro atoms. The Hall–Kier alpha value is -7.58. The van der Waals surface area contributed by atoms with Crippen molar-refractivity contribution in [3.8, 4) is 0 Å². The van der Waals surface area contributed by atoms with E-state index in [4.69, 9.17) is 5.73 Å². The van der Waals surface area contributed by atoms with Gasteiger partial charge in [0.05, 0.1) is 17.0 Å². The van der Waals surface area contributed by atoms with Crippen LogP contribution < -0.4 is 48.3 Å². The highest BCUT2D eigenvalue weighted by Gasteiger charge is 2.30. The quantitative estimate of drug-likeness (QED) is 0.0321. The highest BCUT2D eigenvalue weighted by atomic mass is 32.1. The maximum atomic E-state index is 13.3. The van der Waals surface area contributed by atoms with Gasteiger partial charge in [-0.05, 0) is 78.5 Å². The van der Waals surface area contributed by atoms with Crippen LogP contribution in [-0.4, -0.2) is 116 Å². The van der Waals surface area contributed by atoms with Crippen molar-refractivity contribution < 1.29 is 47.9 Å². The van der Waals surface area contributed by atoms with E-state index in [1.807, 2.05) is 114 Å². The minimum atomic E-state index is -0.762. The Morgan fingerprint density at radius 3 is 1.33 bits per heavy atom. The van der Waals surface area contributed by atoms with Crippen molar-refractivity contribution in [3.63, 3.8) is 0 Å². The number of nitrogens with two attached hydrogens (primary N) is 1. The maximum Gasteiger partial charge on any atom is 0.261 e. The smallest absolute Gasteiger partial charge is 0.261 e. The van der Waals surface area contributed by atoms with Crippen LogP contribution in [0.15, 0.2) is 102 Å². The van der Waals surface area contributed by atoms with Gasteiger partial charge in [0.25, 0.3) is 5.91 Å². The third-order valence-electron chi connectivity index (χ3n) is 12.4. The third-order valence-corrected chi connectivity index (χ3v) is 13.3. The zero-order valence-corrected chi connectivity index (χ0v) is 49.8. The van der Waals surface area contributed by atoms with E-state index in [2.05, 4.69) is 42.5 Å². The summed E-state index contributed by atoms with van der Waals surface area (Å²) < 4.78 is 0. The fourth-order valence-corrected chi connectivity index (χ4v) is 8.88. The summed E-state index contributed by atoms with van der Waals surface area (Å²) in [6.45, 7) is 15.0. The molecule has 0 fully saturated rings. The maximum absolute atomic E-state index is 13.3. The van der Waals surface area contributed by atoms with Gasteiger partial charge in [0.15, 0.2) is 5.78 Å². The first-order valence-electron chi connectivity index (χ1n) is 27.6. The monoisotopic (exact) mass is 1140 g/mol. The largest absolute Gasteiger partial charge is 0.358 e. The number of hydrogen-bond acceptors (Lipinski definition) is 12. The lowest BCUT2D eigenvalue weighted by atomic mass is 9.91. The molecule has 81 heavy (non-hydrogen) atoms. The van der Waals surface area contributed by atoms with Crippen LogP contribution in [0.3, 0.4) is 0 Å². The van der Waals surface area contributed by atoms with Gasteiger partial charge in [-0.1, -0.05) is 139 Å². The van der Waals surface area contributed by atoms with Gasteiger partial charge in [-0.25, -0.2) is 0 Å². The number of ketones is 2. The summed E-state index contributed by atoms with van der Waals surface area (Å²) in [6.07, 6.45) is 2.94. The lowest BCUT2D eigenvalue weighted by Gasteiger charge is -2.24. The molecule has 4 aromatic rings. The van der Waals surface area contributed by atoms with E-state index in [-0.39, 0.29) is 89.9 Å². The van der Waals surface area contributed by atoms with E-state index in [0.717, 1.165) is 11.1 Å². The number of carbonyl (C=O) groups excluding carboxylic acids is 10. The molecule has 0 aliphatic heterocycles. The molecule has 1 aromatic heterocycles. The summed E-state index contributed by atoms with van der Waals surface area (Å²) in [7, 11) is 4.58. The van der Waals surface area contributed by atoms with E-state index in [9.17, 15) is 47.9 Å². The van der Waals surface area contributed by atoms with Gasteiger partial charge in [0.1, 0.15) is 30.0 Å². The Balaban J connectivity index is 0.000000416. The van der Waals surface area contributed by atoms with Crippen LogP contribution in [0.1, 0.15) is 131 Å². The van der Waals surface area contributed by atoms with Gasteiger partial charge in [-0.3, -0.25) is 43.2 Å². The fraction of sp³-hybridized carbons (Fsp3) is 0.475. The molecule has 0 aliphatic carbocycles. The number of rotatable bonds is 29. The molecule has 0 saturated heterocycles. The van der Waals surface area contributed by atoms with Gasteiger partial charge in [-0.15, -0.1) is 11.3 Å². The summed E-state index contributed by atoms with van der Waals surface area (Å²) >= 11 is 1.33. The van der Waals surface area contributed by atoms with Gasteiger partial charge >= 0.3 is 0 Å². The average Bonchev–Trinajstić information content (AvgIpc) is 4.01. The molecule has 6 atom stereocenters. The molecule has 0 aliphatic rings. The van der Waals surface area contributed by atoms with Crippen molar-refractivity contribution >= 4 is 70.2 Å². The second-order valence-corrected chi connectivity index (χ2v) is 21.8. The normalized spacial score (nSPS) is 12.9. The van der Waals surface area contributed by atoms with Crippen molar-refractivity contribution in [3.05, 3.63) is 130 Å². The molecule has 0 saturated carbocycles. The number of amides is 8. The topological polar surface area (TPSA) is 293 Å². The lowest BCUT2D eigenvalue weighted by Crippen LogP contribution is -2.54. The molecule has 442 valence electrons. The van der Waals surface area contributed by atoms with Crippen molar-refractivity contribution in [1.82, 2.24) is 42.5 Å². The molecule has 0 unspecified atom stereocenters. The lowest BCUT2D eigenvalue weighted by molar-refractivity contribution is -0.132. The third kappa shape index (κ3) is 27.0. The Labute approximate surface area is 482 Å². The predicted molar refractivity (Wildman–Crippen MR) is 317 cm³/mol. The molecule has 20 heteroatoms. The van der Waals surface area contributed by atoms with E-state index < -0.39 is 42.2 Å². The van der Waals surface area contributed by atoms with E-state index in [1.165, 1.54) is 39.4 Å². The van der Waals surface area contributed by atoms with E-state index in [1.54, 1.807) is 37.3 Å². The molecule has 19 nitrogen and oxygen atoms in total. The van der Waals surface area contributed by atoms with E-state index in [0.29, 0.717) is 54.5 Å². The summed E-state index contributed by atoms with van der Waals surface area (Å²) in [6, 6.07) is 25.3. The standard InChI is InChI=1S/C21H31N3O4.C21H27N3O3S.C19H29N3O3/c1-14(2)12-17(23-19(26)11-10-15(3)25)21(28)24-18(20(27)22-4)13-16-8-6-5-7-9-16;1-13(2)11-17(24-21(27)18-9-6-10-28-18)19(25)15-8-5-4-7-14(15)12-16(22)20(26)23-3;1-5-17(23)21-15(11-13(2)3)19(25)22-16(18(24)20-4)12-14-9-7-6-8-10-14/h5-9,14,17-18H,10-13H2,1-4H3,(H,22,27)(H,23,26)(H,24,28);4-10,13,16-17H,11-12,22H2,1-3H3,(H,23,26)(H,24,27);6-10,13,15-16H,5,11-12H2,1-4H3,(H,20,24)(H,21,23)(H,22,25)/t17-,18-;16-,17-;15-,16-/m000/s1. The molecule has 10 N–H and O–H groups in total. The summed E-state index contributed by atoms with van der Waals surface area (Å²) in [5.74, 6) is -2.01. The van der Waals surface area contributed by atoms with Gasteiger partial charge < -0.3 is 53.1 Å². The minimum absolute atomic E-state index is 0.0418. The van der Waals surface area contributed by atoms with Crippen LogP contribution in [0.25, 0.3) is 0 Å². The average molecular weight is 1140 g/mol. The molecule has 3 aromatic carbocycles. The summed E-state index contributed by atoms with van der Waals surface area (Å²) in [5.41, 5.74) is 8.99. The number of carbonyl (C=O) groups is 10. The first kappa shape index (κ1) is 69.5. The Kier molecular flexibility index (Phi) is 32.1. The van der Waals surface area contributed by atoms with Crippen LogP contribution in [0.2, 0.25) is 0 Å². The van der Waals surface area contributed by atoms with Crippen LogP contribution >= 0.6 is 11.3 Å². The Morgan fingerprint density at radius 1 is 0.469 bits per heavy atom. The van der Waals surface area contributed by atoms with Crippen LogP contribution in [-0.2, 0) is 57.6 Å². The molecule has 1 heterocycles. The minimum Gasteiger partial charge on any atom is -0.358 e. The molecular weight excluding hydrogens is 1050 g/mol. The van der Waals surface area contributed by atoms with Gasteiger partial charge in [0.2, 0.25) is 41.4 Å². The fourth-order valence-electron chi connectivity index (χ4n) is 8.25. The second kappa shape index (κ2) is 37.4. The van der Waals surface area contributed by atoms with Crippen molar-refractivity contribution in [2.24, 2.45) is 23.5 Å². The molecule has 4 rings (SSSR count). The van der Waals surface area contributed by atoms with Gasteiger partial charge in [0, 0.05) is 58.8 Å². The number of thiophene rings is 1. The second-order valence-electron chi connectivity index (χ2n) is 20.9. The predicted octanol–water partition coefficient (Wildman–Crippen LogP) is 5.15. The number of nitrogens with one attached hydrogen (secondary N) is 8. The molecule has 0 radical (unpaired) electrons. The number of Topliss-reactive ketones (excluding diaryl/α,β-unsaturated/α-hetero) is 2. The number of hydrogen-bond donors (Lipinski definition) is 9. The zero-order valence-electron chi connectivity index (χ0n) is 48.9. The highest BCUT2D eigenvalue weighted by Crippen LogP contribution is 2.19. The first-order valence-corrected chi connectivity index (χ1v) is 28.4. The van der Waals surface area contributed by atoms with E-state index >= 15 is 0 Å². The van der Waals surface area contributed by atoms with Crippen molar-refractivity contribution in [1.29, 1.82) is 0 Å². The molecule has 0 bridgehead atoms. The molecule has 8 amide bonds.